The van der Waals surface area contributed by atoms with Gasteiger partial charge in [0.2, 0.25) is 0 Å². The number of carbonyl (C=O) groups is 1. The zero-order valence-corrected chi connectivity index (χ0v) is 16.9. The molecule has 154 valence electrons. The molecule has 0 N–H and O–H groups in total. The molecule has 0 spiro atoms. The molecular formula is C22H18N6O3. The zero-order valence-electron chi connectivity index (χ0n) is 16.9. The first-order valence-corrected chi connectivity index (χ1v) is 9.49. The second-order valence-corrected chi connectivity index (χ2v) is 6.83. The fraction of sp³-hybridized carbons (Fsp3) is 0.182. The van der Waals surface area contributed by atoms with E-state index in [-0.39, 0.29) is 35.1 Å². The smallest absolute Gasteiger partial charge is 0.279 e. The summed E-state index contributed by atoms with van der Waals surface area (Å²) in [6.45, 7) is 2.38. The first-order valence-electron chi connectivity index (χ1n) is 9.49. The van der Waals surface area contributed by atoms with Crippen molar-refractivity contribution in [2.45, 2.75) is 13.5 Å². The maximum absolute atomic E-state index is 13.2. The van der Waals surface area contributed by atoms with Crippen LogP contribution in [0, 0.1) is 18.3 Å². The van der Waals surface area contributed by atoms with Gasteiger partial charge >= 0.3 is 0 Å². The maximum atomic E-state index is 13.2. The van der Waals surface area contributed by atoms with Gasteiger partial charge in [0.25, 0.3) is 11.5 Å². The van der Waals surface area contributed by atoms with Gasteiger partial charge in [-0.05, 0) is 36.8 Å². The number of hydrogen-bond acceptors (Lipinski definition) is 6. The van der Waals surface area contributed by atoms with Crippen LogP contribution >= 0.6 is 0 Å². The quantitative estimate of drug-likeness (QED) is 0.469. The third-order valence-electron chi connectivity index (χ3n) is 4.88. The molecule has 0 saturated carbocycles. The van der Waals surface area contributed by atoms with Crippen molar-refractivity contribution < 1.29 is 9.53 Å². The second-order valence-electron chi connectivity index (χ2n) is 6.83. The minimum absolute atomic E-state index is 0.0949. The normalized spacial score (nSPS) is 11.7. The lowest BCUT2D eigenvalue weighted by Gasteiger charge is -2.13. The van der Waals surface area contributed by atoms with Crippen molar-refractivity contribution in [2.75, 3.05) is 13.7 Å². The molecule has 31 heavy (non-hydrogen) atoms. The van der Waals surface area contributed by atoms with E-state index in [0.29, 0.717) is 16.9 Å². The number of aromatic nitrogens is 4. The van der Waals surface area contributed by atoms with Gasteiger partial charge in [0.1, 0.15) is 17.4 Å². The van der Waals surface area contributed by atoms with E-state index in [1.807, 2.05) is 13.0 Å². The van der Waals surface area contributed by atoms with Gasteiger partial charge < -0.3 is 9.30 Å². The molecule has 4 aromatic heterocycles. The Hall–Kier alpha value is -4.16. The molecular weight excluding hydrogens is 396 g/mol. The number of methoxy groups -OCH3 is 1. The topological polar surface area (TPSA) is 115 Å². The van der Waals surface area contributed by atoms with Crippen LogP contribution in [0.3, 0.4) is 0 Å². The van der Waals surface area contributed by atoms with Crippen LogP contribution in [0.1, 0.15) is 21.5 Å². The molecule has 0 atom stereocenters. The van der Waals surface area contributed by atoms with Gasteiger partial charge in [-0.2, -0.15) is 10.3 Å². The average molecular weight is 414 g/mol. The lowest BCUT2D eigenvalue weighted by Crippen LogP contribution is -2.30. The van der Waals surface area contributed by atoms with Crippen molar-refractivity contribution in [3.05, 3.63) is 81.5 Å². The van der Waals surface area contributed by atoms with Crippen LogP contribution in [0.15, 0.2) is 58.7 Å². The Morgan fingerprint density at radius 2 is 2.03 bits per heavy atom. The maximum Gasteiger partial charge on any atom is 0.279 e. The van der Waals surface area contributed by atoms with Gasteiger partial charge in [-0.25, -0.2) is 4.98 Å². The molecule has 0 bridgehead atoms. The number of rotatable bonds is 4. The summed E-state index contributed by atoms with van der Waals surface area (Å²) in [7, 11) is 1.54. The fourth-order valence-electron chi connectivity index (χ4n) is 3.34. The van der Waals surface area contributed by atoms with Gasteiger partial charge in [0, 0.05) is 37.8 Å². The highest BCUT2D eigenvalue weighted by Gasteiger charge is 2.16. The molecule has 0 unspecified atom stereocenters. The number of aryl methyl sites for hydroxylation is 1. The van der Waals surface area contributed by atoms with Gasteiger partial charge in [0.15, 0.2) is 5.49 Å². The summed E-state index contributed by atoms with van der Waals surface area (Å²) in [6.07, 6.45) is 4.61. The average Bonchev–Trinajstić information content (AvgIpc) is 2.79. The number of ether oxygens (including phenoxy) is 1. The van der Waals surface area contributed by atoms with Gasteiger partial charge in [-0.3, -0.25) is 19.0 Å². The summed E-state index contributed by atoms with van der Waals surface area (Å²) in [4.78, 5) is 38.7. The standard InChI is InChI=1S/C22H18N6O3/c1-14-4-3-9-28-18(14)25-20-17(22(28)30)12-16(13-23)19(27(20)10-11-31-2)26-21(29)15-5-7-24-8-6-15/h3-9,12H,10-11H2,1-2H3. The van der Waals surface area contributed by atoms with Crippen LogP contribution in [-0.2, 0) is 11.3 Å². The van der Waals surface area contributed by atoms with E-state index >= 15 is 0 Å². The van der Waals surface area contributed by atoms with Crippen molar-refractivity contribution in [3.8, 4) is 6.07 Å². The zero-order chi connectivity index (χ0) is 22.0. The van der Waals surface area contributed by atoms with E-state index in [1.165, 1.54) is 30.0 Å². The Morgan fingerprint density at radius 3 is 2.74 bits per heavy atom. The van der Waals surface area contributed by atoms with Crippen LogP contribution in [0.5, 0.6) is 0 Å². The Labute approximate surface area is 176 Å². The summed E-state index contributed by atoms with van der Waals surface area (Å²) in [5.74, 6) is -0.530. The van der Waals surface area contributed by atoms with E-state index in [1.54, 1.807) is 29.0 Å². The number of amides is 1. The Morgan fingerprint density at radius 1 is 1.26 bits per heavy atom. The molecule has 0 aliphatic heterocycles. The summed E-state index contributed by atoms with van der Waals surface area (Å²) < 4.78 is 8.24. The summed E-state index contributed by atoms with van der Waals surface area (Å²) in [5.41, 5.74) is 1.88. The van der Waals surface area contributed by atoms with Crippen molar-refractivity contribution in [1.82, 2.24) is 18.9 Å². The molecule has 0 fully saturated rings. The highest BCUT2D eigenvalue weighted by atomic mass is 16.5. The molecule has 4 heterocycles. The summed E-state index contributed by atoms with van der Waals surface area (Å²) >= 11 is 0. The second kappa shape index (κ2) is 8.30. The number of fused-ring (bicyclic) bond motifs is 2. The molecule has 0 saturated heterocycles. The van der Waals surface area contributed by atoms with Gasteiger partial charge in [-0.15, -0.1) is 0 Å². The van der Waals surface area contributed by atoms with Crippen molar-refractivity contribution >= 4 is 22.6 Å². The van der Waals surface area contributed by atoms with E-state index in [4.69, 9.17) is 4.74 Å². The number of nitrogens with zero attached hydrogens (tertiary/aromatic N) is 6. The van der Waals surface area contributed by atoms with E-state index in [0.717, 1.165) is 5.56 Å². The third-order valence-corrected chi connectivity index (χ3v) is 4.88. The van der Waals surface area contributed by atoms with Crippen LogP contribution in [0.4, 0.5) is 0 Å². The summed E-state index contributed by atoms with van der Waals surface area (Å²) in [6, 6.07) is 10.2. The minimum Gasteiger partial charge on any atom is -0.383 e. The first-order chi connectivity index (χ1) is 15.0. The minimum atomic E-state index is -0.530. The van der Waals surface area contributed by atoms with Gasteiger partial charge in [-0.1, -0.05) is 6.07 Å². The Balaban J connectivity index is 2.12. The van der Waals surface area contributed by atoms with Crippen LogP contribution in [0.25, 0.3) is 16.7 Å². The largest absolute Gasteiger partial charge is 0.383 e. The Kier molecular flexibility index (Phi) is 5.39. The van der Waals surface area contributed by atoms with Gasteiger partial charge in [0.05, 0.1) is 17.6 Å². The molecule has 1 amide bonds. The van der Waals surface area contributed by atoms with Crippen molar-refractivity contribution in [3.63, 3.8) is 0 Å². The molecule has 9 nitrogen and oxygen atoms in total. The third kappa shape index (κ3) is 3.60. The molecule has 4 aromatic rings. The predicted octanol–water partition coefficient (Wildman–Crippen LogP) is 1.61. The number of hydrogen-bond donors (Lipinski definition) is 0. The number of pyridine rings is 3. The van der Waals surface area contributed by atoms with Crippen LogP contribution in [0.2, 0.25) is 0 Å². The SMILES string of the molecule is COCCn1c(=NC(=O)c2ccncc2)c(C#N)cc2c(=O)n3cccc(C)c3nc21. The lowest BCUT2D eigenvalue weighted by atomic mass is 10.2. The predicted molar refractivity (Wildman–Crippen MR) is 112 cm³/mol. The van der Waals surface area contributed by atoms with Crippen LogP contribution in [-0.4, -0.2) is 38.6 Å². The molecule has 9 heteroatoms. The van der Waals surface area contributed by atoms with E-state index < -0.39 is 5.91 Å². The molecule has 0 aliphatic rings. The van der Waals surface area contributed by atoms with Crippen LogP contribution < -0.4 is 11.0 Å². The Bertz CT molecular complexity index is 1480. The van der Waals surface area contributed by atoms with Crippen molar-refractivity contribution in [2.24, 2.45) is 4.99 Å². The first kappa shape index (κ1) is 20.1. The molecule has 0 aromatic carbocycles. The molecule has 0 aliphatic carbocycles. The van der Waals surface area contributed by atoms with E-state index in [9.17, 15) is 14.9 Å². The highest BCUT2D eigenvalue weighted by Crippen LogP contribution is 2.13. The fourth-order valence-corrected chi connectivity index (χ4v) is 3.34. The molecule has 4 rings (SSSR count). The van der Waals surface area contributed by atoms with E-state index in [2.05, 4.69) is 21.0 Å². The number of carbonyl (C=O) groups excluding carboxylic acids is 1. The summed E-state index contributed by atoms with van der Waals surface area (Å²) in [5, 5.41) is 10.0. The number of nitriles is 1. The molecule has 0 radical (unpaired) electrons. The monoisotopic (exact) mass is 414 g/mol. The lowest BCUT2D eigenvalue weighted by molar-refractivity contribution is 0.0996. The highest BCUT2D eigenvalue weighted by molar-refractivity contribution is 5.94. The van der Waals surface area contributed by atoms with Crippen molar-refractivity contribution in [1.29, 1.82) is 5.26 Å².